The quantitative estimate of drug-likeness (QED) is 0.612. The van der Waals surface area contributed by atoms with Crippen molar-refractivity contribution in [3.8, 4) is 0 Å². The lowest BCUT2D eigenvalue weighted by molar-refractivity contribution is -0.120. The molecule has 0 saturated carbocycles. The van der Waals surface area contributed by atoms with Gasteiger partial charge in [0.05, 0.1) is 25.3 Å². The molecule has 0 radical (unpaired) electrons. The van der Waals surface area contributed by atoms with Gasteiger partial charge in [-0.25, -0.2) is 0 Å². The van der Waals surface area contributed by atoms with E-state index in [-0.39, 0.29) is 42.2 Å². The second-order valence-corrected chi connectivity index (χ2v) is 7.82. The number of nitrogens with one attached hydrogen (secondary N) is 1. The fourth-order valence-corrected chi connectivity index (χ4v) is 3.46. The number of ether oxygens (including phenoxy) is 2. The molecule has 2 aromatic rings. The van der Waals surface area contributed by atoms with Crippen LogP contribution in [0.2, 0.25) is 0 Å². The molecule has 0 bridgehead atoms. The van der Waals surface area contributed by atoms with Gasteiger partial charge < -0.3 is 19.3 Å². The highest BCUT2D eigenvalue weighted by atomic mass is 32.2. The summed E-state index contributed by atoms with van der Waals surface area (Å²) in [6, 6.07) is 7.70. The SMILES string of the molecule is O=C(Cc1cc(COCc2cccc(SC(F)(F)F)c2)on1)NCC1CCOC1. The molecule has 2 heterocycles. The van der Waals surface area contributed by atoms with E-state index >= 15 is 0 Å². The zero-order chi connectivity index (χ0) is 20.7. The van der Waals surface area contributed by atoms with E-state index in [2.05, 4.69) is 10.5 Å². The smallest absolute Gasteiger partial charge is 0.381 e. The van der Waals surface area contributed by atoms with Crippen LogP contribution in [0.5, 0.6) is 0 Å². The molecule has 1 aromatic heterocycles. The summed E-state index contributed by atoms with van der Waals surface area (Å²) in [5.74, 6) is 0.655. The molecule has 1 amide bonds. The second kappa shape index (κ2) is 10.1. The van der Waals surface area contributed by atoms with Gasteiger partial charge in [-0.15, -0.1) is 0 Å². The van der Waals surface area contributed by atoms with E-state index in [9.17, 15) is 18.0 Å². The van der Waals surface area contributed by atoms with E-state index in [0.29, 0.717) is 36.1 Å². The first-order valence-electron chi connectivity index (χ1n) is 9.09. The third kappa shape index (κ3) is 7.71. The maximum absolute atomic E-state index is 12.4. The number of carbonyl (C=O) groups excluding carboxylic acids is 1. The average molecular weight is 430 g/mol. The Morgan fingerprint density at radius 3 is 2.93 bits per heavy atom. The Kier molecular flexibility index (Phi) is 7.57. The highest BCUT2D eigenvalue weighted by Crippen LogP contribution is 2.37. The molecule has 1 aliphatic rings. The van der Waals surface area contributed by atoms with Crippen LogP contribution in [0.3, 0.4) is 0 Å². The fraction of sp³-hybridized carbons (Fsp3) is 0.474. The average Bonchev–Trinajstić information content (AvgIpc) is 3.31. The molecule has 6 nitrogen and oxygen atoms in total. The van der Waals surface area contributed by atoms with Crippen LogP contribution in [0.1, 0.15) is 23.4 Å². The van der Waals surface area contributed by atoms with E-state index in [1.165, 1.54) is 12.1 Å². The largest absolute Gasteiger partial charge is 0.446 e. The first kappa shape index (κ1) is 21.7. The number of halogens is 3. The van der Waals surface area contributed by atoms with Gasteiger partial charge in [0.1, 0.15) is 6.61 Å². The summed E-state index contributed by atoms with van der Waals surface area (Å²) in [4.78, 5) is 12.1. The lowest BCUT2D eigenvalue weighted by atomic mass is 10.1. The Hall–Kier alpha value is -2.04. The minimum atomic E-state index is -4.33. The van der Waals surface area contributed by atoms with Gasteiger partial charge in [0.25, 0.3) is 0 Å². The first-order valence-corrected chi connectivity index (χ1v) is 9.90. The van der Waals surface area contributed by atoms with Gasteiger partial charge in [-0.3, -0.25) is 4.79 Å². The molecule has 3 rings (SSSR count). The topological polar surface area (TPSA) is 73.6 Å². The molecule has 158 valence electrons. The Morgan fingerprint density at radius 2 is 2.17 bits per heavy atom. The summed E-state index contributed by atoms with van der Waals surface area (Å²) in [7, 11) is 0. The van der Waals surface area contributed by atoms with Gasteiger partial charge in [0.2, 0.25) is 5.91 Å². The molecule has 1 aromatic carbocycles. The van der Waals surface area contributed by atoms with Crippen LogP contribution < -0.4 is 5.32 Å². The highest BCUT2D eigenvalue weighted by molar-refractivity contribution is 8.00. The molecule has 0 aliphatic carbocycles. The zero-order valence-corrected chi connectivity index (χ0v) is 16.4. The Balaban J connectivity index is 1.40. The van der Waals surface area contributed by atoms with Gasteiger partial charge >= 0.3 is 5.51 Å². The standard InChI is InChI=1S/C19H21F3N2O4S/c20-19(21,22)29-17-3-1-2-13(6-17)10-27-12-16-7-15(24-28-16)8-18(25)23-9-14-4-5-26-11-14/h1-3,6-7,14H,4-5,8-12H2,(H,23,25). The third-order valence-electron chi connectivity index (χ3n) is 4.21. The summed E-state index contributed by atoms with van der Waals surface area (Å²) >= 11 is -0.163. The van der Waals surface area contributed by atoms with Crippen LogP contribution in [-0.4, -0.2) is 36.3 Å². The maximum atomic E-state index is 12.4. The monoisotopic (exact) mass is 430 g/mol. The molecule has 1 atom stereocenters. The molecule has 1 fully saturated rings. The Morgan fingerprint density at radius 1 is 1.31 bits per heavy atom. The van der Waals surface area contributed by atoms with E-state index < -0.39 is 5.51 Å². The summed E-state index contributed by atoms with van der Waals surface area (Å²) in [5.41, 5.74) is -3.21. The number of carbonyl (C=O) groups is 1. The molecule has 1 aliphatic heterocycles. The summed E-state index contributed by atoms with van der Waals surface area (Å²) in [6.45, 7) is 2.22. The van der Waals surface area contributed by atoms with Crippen LogP contribution in [0, 0.1) is 5.92 Å². The van der Waals surface area contributed by atoms with Gasteiger partial charge in [-0.05, 0) is 35.9 Å². The maximum Gasteiger partial charge on any atom is 0.446 e. The van der Waals surface area contributed by atoms with Crippen molar-refractivity contribution in [2.24, 2.45) is 5.92 Å². The number of benzene rings is 1. The molecule has 0 spiro atoms. The highest BCUT2D eigenvalue weighted by Gasteiger charge is 2.29. The number of nitrogens with zero attached hydrogens (tertiary/aromatic N) is 1. The number of alkyl halides is 3. The van der Waals surface area contributed by atoms with Crippen molar-refractivity contribution in [2.75, 3.05) is 19.8 Å². The number of amides is 1. The van der Waals surface area contributed by atoms with Crippen molar-refractivity contribution in [3.63, 3.8) is 0 Å². The van der Waals surface area contributed by atoms with Crippen LogP contribution in [0.15, 0.2) is 39.8 Å². The number of aromatic nitrogens is 1. The Bertz CT molecular complexity index is 807. The molecule has 1 saturated heterocycles. The first-order chi connectivity index (χ1) is 13.9. The minimum absolute atomic E-state index is 0.102. The fourth-order valence-electron chi connectivity index (χ4n) is 2.84. The molecule has 10 heteroatoms. The summed E-state index contributed by atoms with van der Waals surface area (Å²) in [6.07, 6.45) is 1.05. The Labute approximate surface area is 170 Å². The second-order valence-electron chi connectivity index (χ2n) is 6.68. The molecule has 1 unspecified atom stereocenters. The number of hydrogen-bond donors (Lipinski definition) is 1. The van der Waals surface area contributed by atoms with Crippen molar-refractivity contribution in [2.45, 2.75) is 36.5 Å². The molecular weight excluding hydrogens is 409 g/mol. The van der Waals surface area contributed by atoms with E-state index in [0.717, 1.165) is 13.0 Å². The predicted molar refractivity (Wildman–Crippen MR) is 99.0 cm³/mol. The van der Waals surface area contributed by atoms with Gasteiger partial charge in [-0.1, -0.05) is 17.3 Å². The van der Waals surface area contributed by atoms with Crippen molar-refractivity contribution >= 4 is 17.7 Å². The number of rotatable bonds is 9. The van der Waals surface area contributed by atoms with E-state index in [1.807, 2.05) is 0 Å². The minimum Gasteiger partial charge on any atom is -0.381 e. The summed E-state index contributed by atoms with van der Waals surface area (Å²) in [5, 5.41) is 6.70. The van der Waals surface area contributed by atoms with Crippen molar-refractivity contribution in [3.05, 3.63) is 47.3 Å². The van der Waals surface area contributed by atoms with E-state index in [1.54, 1.807) is 18.2 Å². The van der Waals surface area contributed by atoms with Gasteiger partial charge in [0, 0.05) is 30.0 Å². The normalized spacial score (nSPS) is 16.9. The number of hydrogen-bond acceptors (Lipinski definition) is 6. The molecule has 29 heavy (non-hydrogen) atoms. The van der Waals surface area contributed by atoms with Crippen LogP contribution in [0.4, 0.5) is 13.2 Å². The zero-order valence-electron chi connectivity index (χ0n) is 15.5. The molecular formula is C19H21F3N2O4S. The third-order valence-corrected chi connectivity index (χ3v) is 4.93. The number of thioether (sulfide) groups is 1. The van der Waals surface area contributed by atoms with Crippen molar-refractivity contribution in [1.29, 1.82) is 0 Å². The van der Waals surface area contributed by atoms with Crippen LogP contribution >= 0.6 is 11.8 Å². The van der Waals surface area contributed by atoms with Crippen molar-refractivity contribution in [1.82, 2.24) is 10.5 Å². The van der Waals surface area contributed by atoms with Gasteiger partial charge in [0.15, 0.2) is 5.76 Å². The predicted octanol–water partition coefficient (Wildman–Crippen LogP) is 3.70. The molecule has 1 N–H and O–H groups in total. The van der Waals surface area contributed by atoms with E-state index in [4.69, 9.17) is 14.0 Å². The van der Waals surface area contributed by atoms with Crippen molar-refractivity contribution < 1.29 is 32.0 Å². The van der Waals surface area contributed by atoms with Gasteiger partial charge in [-0.2, -0.15) is 13.2 Å². The lowest BCUT2D eigenvalue weighted by Crippen LogP contribution is -2.30. The lowest BCUT2D eigenvalue weighted by Gasteiger charge is -2.08. The van der Waals surface area contributed by atoms with Crippen LogP contribution in [-0.2, 0) is 33.9 Å². The van der Waals surface area contributed by atoms with Crippen LogP contribution in [0.25, 0.3) is 0 Å². The summed E-state index contributed by atoms with van der Waals surface area (Å²) < 4.78 is 53.2.